The number of carbonyl (C=O) groups is 1. The number of pyridine rings is 2. The summed E-state index contributed by atoms with van der Waals surface area (Å²) in [6.45, 7) is 1.77. The normalized spacial score (nSPS) is 10.8. The Balaban J connectivity index is 1.80. The number of aromatic nitrogens is 3. The molecule has 0 saturated heterocycles. The molecule has 0 aliphatic carbocycles. The number of halogens is 1. The molecule has 128 valence electrons. The van der Waals surface area contributed by atoms with Crippen LogP contribution in [0, 0.1) is 6.92 Å². The van der Waals surface area contributed by atoms with Crippen molar-refractivity contribution in [1.29, 1.82) is 0 Å². The number of fused-ring (bicyclic) bond motifs is 1. The van der Waals surface area contributed by atoms with Crippen LogP contribution in [-0.4, -0.2) is 21.0 Å². The van der Waals surface area contributed by atoms with Crippen molar-refractivity contribution in [1.82, 2.24) is 15.1 Å². The fraction of sp³-hybridized carbons (Fsp3) is 0.0526. The number of nitrogens with zero attached hydrogens (tertiary/aromatic N) is 3. The Labute approximate surface area is 153 Å². The van der Waals surface area contributed by atoms with Crippen molar-refractivity contribution >= 4 is 34.4 Å². The minimum Gasteiger partial charge on any atom is -0.335 e. The van der Waals surface area contributed by atoms with E-state index in [1.807, 2.05) is 30.3 Å². The molecule has 1 aromatic carbocycles. The largest absolute Gasteiger partial charge is 0.335 e. The Morgan fingerprint density at radius 3 is 2.69 bits per heavy atom. The molecular formula is C19H13ClN4O2. The van der Waals surface area contributed by atoms with E-state index in [9.17, 15) is 4.79 Å². The van der Waals surface area contributed by atoms with Crippen LogP contribution in [-0.2, 0) is 0 Å². The van der Waals surface area contributed by atoms with Gasteiger partial charge in [0.15, 0.2) is 0 Å². The second kappa shape index (κ2) is 6.57. The summed E-state index contributed by atoms with van der Waals surface area (Å²) < 4.78 is 5.29. The van der Waals surface area contributed by atoms with Gasteiger partial charge in [0.2, 0.25) is 0 Å². The Morgan fingerprint density at radius 2 is 1.96 bits per heavy atom. The molecule has 0 radical (unpaired) electrons. The lowest BCUT2D eigenvalue weighted by Crippen LogP contribution is -2.14. The van der Waals surface area contributed by atoms with Crippen LogP contribution < -0.4 is 5.32 Å². The lowest BCUT2D eigenvalue weighted by Gasteiger charge is -2.08. The van der Waals surface area contributed by atoms with Gasteiger partial charge in [-0.1, -0.05) is 47.1 Å². The molecule has 0 aliphatic rings. The number of benzene rings is 1. The summed E-state index contributed by atoms with van der Waals surface area (Å²) in [4.78, 5) is 21.4. The Morgan fingerprint density at radius 1 is 1.15 bits per heavy atom. The van der Waals surface area contributed by atoms with Gasteiger partial charge in [0, 0.05) is 11.8 Å². The molecule has 0 saturated carbocycles. The van der Waals surface area contributed by atoms with E-state index in [4.69, 9.17) is 16.1 Å². The number of nitrogens with one attached hydrogen (secondary N) is 1. The zero-order chi connectivity index (χ0) is 18.1. The summed E-state index contributed by atoms with van der Waals surface area (Å²) in [5, 5.41) is 7.78. The first-order valence-corrected chi connectivity index (χ1v) is 8.25. The fourth-order valence-electron chi connectivity index (χ4n) is 2.66. The average molecular weight is 365 g/mol. The number of anilines is 1. The number of amides is 1. The SMILES string of the molecule is Cc1noc2nc(-c3ccccc3)cc(C(=O)Nc3ccc(Cl)cn3)c12. The molecule has 4 rings (SSSR count). The molecule has 6 nitrogen and oxygen atoms in total. The van der Waals surface area contributed by atoms with E-state index in [2.05, 4.69) is 20.4 Å². The number of hydrogen-bond donors (Lipinski definition) is 1. The van der Waals surface area contributed by atoms with Gasteiger partial charge >= 0.3 is 0 Å². The van der Waals surface area contributed by atoms with Crippen LogP contribution in [0.2, 0.25) is 5.02 Å². The van der Waals surface area contributed by atoms with Crippen molar-refractivity contribution in [3.63, 3.8) is 0 Å². The third-order valence-corrected chi connectivity index (χ3v) is 4.12. The molecule has 0 unspecified atom stereocenters. The highest BCUT2D eigenvalue weighted by Gasteiger charge is 2.19. The van der Waals surface area contributed by atoms with Gasteiger partial charge in [-0.15, -0.1) is 0 Å². The van der Waals surface area contributed by atoms with Gasteiger partial charge in [-0.3, -0.25) is 4.79 Å². The quantitative estimate of drug-likeness (QED) is 0.579. The highest BCUT2D eigenvalue weighted by atomic mass is 35.5. The average Bonchev–Trinajstić information content (AvgIpc) is 3.04. The Hall–Kier alpha value is -3.25. The number of rotatable bonds is 3. The first-order chi connectivity index (χ1) is 12.6. The second-order valence-electron chi connectivity index (χ2n) is 5.69. The van der Waals surface area contributed by atoms with Crippen molar-refractivity contribution in [3.8, 4) is 11.3 Å². The van der Waals surface area contributed by atoms with E-state index in [-0.39, 0.29) is 5.91 Å². The van der Waals surface area contributed by atoms with Crippen molar-refractivity contribution in [3.05, 3.63) is 71.0 Å². The van der Waals surface area contributed by atoms with Crippen molar-refractivity contribution in [2.75, 3.05) is 5.32 Å². The minimum atomic E-state index is -0.323. The van der Waals surface area contributed by atoms with Crippen LogP contribution in [0.4, 0.5) is 5.82 Å². The standard InChI is InChI=1S/C19H13ClN4O2/c1-11-17-14(18(25)23-16-8-7-13(20)10-21-16)9-15(22-19(17)26-24-11)12-5-3-2-4-6-12/h2-10H,1H3,(H,21,23,25). The summed E-state index contributed by atoms with van der Waals surface area (Å²) in [7, 11) is 0. The zero-order valence-electron chi connectivity index (χ0n) is 13.7. The maximum Gasteiger partial charge on any atom is 0.259 e. The third-order valence-electron chi connectivity index (χ3n) is 3.90. The molecule has 0 fully saturated rings. The zero-order valence-corrected chi connectivity index (χ0v) is 14.5. The van der Waals surface area contributed by atoms with Crippen molar-refractivity contribution in [2.24, 2.45) is 0 Å². The molecule has 7 heteroatoms. The first kappa shape index (κ1) is 16.2. The molecule has 0 aliphatic heterocycles. The summed E-state index contributed by atoms with van der Waals surface area (Å²) in [6, 6.07) is 14.6. The van der Waals surface area contributed by atoms with E-state index in [1.54, 1.807) is 25.1 Å². The summed E-state index contributed by atoms with van der Waals surface area (Å²) in [5.74, 6) is 0.0791. The van der Waals surface area contributed by atoms with Crippen LogP contribution in [0.3, 0.4) is 0 Å². The van der Waals surface area contributed by atoms with Crippen LogP contribution in [0.25, 0.3) is 22.4 Å². The third kappa shape index (κ3) is 3.02. The highest BCUT2D eigenvalue weighted by Crippen LogP contribution is 2.27. The minimum absolute atomic E-state index is 0.318. The Kier molecular flexibility index (Phi) is 4.10. The molecule has 26 heavy (non-hydrogen) atoms. The Bertz CT molecular complexity index is 1090. The lowest BCUT2D eigenvalue weighted by atomic mass is 10.1. The molecule has 0 atom stereocenters. The van der Waals surface area contributed by atoms with E-state index in [1.165, 1.54) is 6.20 Å². The molecule has 1 N–H and O–H groups in total. The first-order valence-electron chi connectivity index (χ1n) is 7.87. The van der Waals surface area contributed by atoms with Gasteiger partial charge in [0.1, 0.15) is 5.82 Å². The van der Waals surface area contributed by atoms with Crippen LogP contribution in [0.1, 0.15) is 16.1 Å². The van der Waals surface area contributed by atoms with E-state index in [0.29, 0.717) is 38.9 Å². The van der Waals surface area contributed by atoms with E-state index in [0.717, 1.165) is 5.56 Å². The molecule has 3 heterocycles. The van der Waals surface area contributed by atoms with Crippen LogP contribution in [0.5, 0.6) is 0 Å². The van der Waals surface area contributed by atoms with Gasteiger partial charge in [-0.2, -0.15) is 0 Å². The number of aryl methyl sites for hydroxylation is 1. The summed E-state index contributed by atoms with van der Waals surface area (Å²) >= 11 is 5.83. The van der Waals surface area contributed by atoms with E-state index < -0.39 is 0 Å². The van der Waals surface area contributed by atoms with Crippen molar-refractivity contribution in [2.45, 2.75) is 6.92 Å². The molecular weight excluding hydrogens is 352 g/mol. The highest BCUT2D eigenvalue weighted by molar-refractivity contribution is 6.30. The van der Waals surface area contributed by atoms with Gasteiger partial charge in [0.05, 0.1) is 27.4 Å². The molecule has 1 amide bonds. The molecule has 4 aromatic rings. The van der Waals surface area contributed by atoms with Crippen LogP contribution in [0.15, 0.2) is 59.3 Å². The van der Waals surface area contributed by atoms with Crippen molar-refractivity contribution < 1.29 is 9.32 Å². The lowest BCUT2D eigenvalue weighted by molar-refractivity contribution is 0.102. The summed E-state index contributed by atoms with van der Waals surface area (Å²) in [5.41, 5.74) is 2.84. The fourth-order valence-corrected chi connectivity index (χ4v) is 2.78. The van der Waals surface area contributed by atoms with E-state index >= 15 is 0 Å². The second-order valence-corrected chi connectivity index (χ2v) is 6.12. The van der Waals surface area contributed by atoms with Gasteiger partial charge in [0.25, 0.3) is 11.6 Å². The van der Waals surface area contributed by atoms with Gasteiger partial charge < -0.3 is 9.84 Å². The molecule has 3 aromatic heterocycles. The number of carbonyl (C=O) groups excluding carboxylic acids is 1. The number of hydrogen-bond acceptors (Lipinski definition) is 5. The van der Waals surface area contributed by atoms with Gasteiger partial charge in [-0.25, -0.2) is 9.97 Å². The molecule has 0 spiro atoms. The monoisotopic (exact) mass is 364 g/mol. The topological polar surface area (TPSA) is 80.9 Å². The predicted octanol–water partition coefficient (Wildman–Crippen LogP) is 4.50. The smallest absolute Gasteiger partial charge is 0.259 e. The maximum atomic E-state index is 12.9. The predicted molar refractivity (Wildman–Crippen MR) is 99.2 cm³/mol. The summed E-state index contributed by atoms with van der Waals surface area (Å²) in [6.07, 6.45) is 1.47. The van der Waals surface area contributed by atoms with Crippen LogP contribution >= 0.6 is 11.6 Å². The van der Waals surface area contributed by atoms with Gasteiger partial charge in [-0.05, 0) is 25.1 Å². The maximum absolute atomic E-state index is 12.9. The molecule has 0 bridgehead atoms.